The van der Waals surface area contributed by atoms with Crippen LogP contribution in [0.1, 0.15) is 89.2 Å². The lowest BCUT2D eigenvalue weighted by Crippen LogP contribution is -2.11. The molecule has 0 aliphatic rings. The van der Waals surface area contributed by atoms with Crippen molar-refractivity contribution in [2.45, 2.75) is 78.1 Å². The third-order valence-corrected chi connectivity index (χ3v) is 5.35. The van der Waals surface area contributed by atoms with Gasteiger partial charge >= 0.3 is 11.9 Å². The second kappa shape index (κ2) is 12.2. The molecule has 4 nitrogen and oxygen atoms in total. The van der Waals surface area contributed by atoms with E-state index in [0.29, 0.717) is 36.2 Å². The summed E-state index contributed by atoms with van der Waals surface area (Å²) in [5.74, 6) is 1.51. The second-order valence-electron chi connectivity index (χ2n) is 7.62. The Balaban J connectivity index is 2.13. The van der Waals surface area contributed by atoms with E-state index < -0.39 is 0 Å². The summed E-state index contributed by atoms with van der Waals surface area (Å²) in [4.78, 5) is 23.4. The van der Waals surface area contributed by atoms with Crippen LogP contribution in [-0.2, 0) is 9.59 Å². The molecule has 4 heteroatoms. The van der Waals surface area contributed by atoms with Gasteiger partial charge in [-0.15, -0.1) is 0 Å². The zero-order chi connectivity index (χ0) is 21.9. The third-order valence-electron chi connectivity index (χ3n) is 5.35. The molecule has 0 aromatic heterocycles. The maximum absolute atomic E-state index is 11.7. The lowest BCUT2D eigenvalue weighted by Gasteiger charge is -2.26. The predicted octanol–water partition coefficient (Wildman–Crippen LogP) is 6.79. The van der Waals surface area contributed by atoms with E-state index in [1.807, 2.05) is 38.1 Å². The molecule has 2 unspecified atom stereocenters. The Morgan fingerprint density at radius 3 is 1.23 bits per heavy atom. The van der Waals surface area contributed by atoms with Crippen LogP contribution in [0.15, 0.2) is 48.5 Å². The molecule has 30 heavy (non-hydrogen) atoms. The fourth-order valence-electron chi connectivity index (χ4n) is 3.84. The van der Waals surface area contributed by atoms with Gasteiger partial charge in [0, 0.05) is 12.8 Å². The summed E-state index contributed by atoms with van der Waals surface area (Å²) in [6.45, 7) is 8.32. The Hall–Kier alpha value is -2.62. The molecule has 0 aliphatic carbocycles. The standard InChI is InChI=1S/C26H34O4/c1-5-9-25(27)29-21-15-11-19(12-16-21)23(7-3)24(8-4)20-13-17-22(18-14-20)30-26(28)10-6-2/h11-18,23-24H,5-10H2,1-4H3. The number of ether oxygens (including phenoxy) is 2. The van der Waals surface area contributed by atoms with Gasteiger partial charge in [-0.25, -0.2) is 0 Å². The number of hydrogen-bond acceptors (Lipinski definition) is 4. The van der Waals surface area contributed by atoms with Crippen LogP contribution in [0.25, 0.3) is 0 Å². The SMILES string of the molecule is CCCC(=O)Oc1ccc(C(CC)C(CC)c2ccc(OC(=O)CCC)cc2)cc1. The Kier molecular flexibility index (Phi) is 9.59. The molecule has 0 bridgehead atoms. The molecule has 0 saturated heterocycles. The van der Waals surface area contributed by atoms with Crippen LogP contribution in [0, 0.1) is 0 Å². The van der Waals surface area contributed by atoms with E-state index in [9.17, 15) is 9.59 Å². The maximum Gasteiger partial charge on any atom is 0.311 e. The highest BCUT2D eigenvalue weighted by Crippen LogP contribution is 2.39. The molecular weight excluding hydrogens is 376 g/mol. The normalized spacial score (nSPS) is 12.8. The largest absolute Gasteiger partial charge is 0.427 e. The predicted molar refractivity (Wildman–Crippen MR) is 120 cm³/mol. The lowest BCUT2D eigenvalue weighted by molar-refractivity contribution is -0.135. The van der Waals surface area contributed by atoms with Crippen LogP contribution in [0.5, 0.6) is 11.5 Å². The molecule has 0 N–H and O–H groups in total. The molecule has 0 heterocycles. The van der Waals surface area contributed by atoms with Gasteiger partial charge in [0.05, 0.1) is 0 Å². The van der Waals surface area contributed by atoms with Gasteiger partial charge < -0.3 is 9.47 Å². The minimum atomic E-state index is -0.191. The van der Waals surface area contributed by atoms with Crippen molar-refractivity contribution in [2.75, 3.05) is 0 Å². The third kappa shape index (κ3) is 6.72. The summed E-state index contributed by atoms with van der Waals surface area (Å²) in [6.07, 6.45) is 4.43. The first kappa shape index (κ1) is 23.7. The van der Waals surface area contributed by atoms with Crippen LogP contribution in [0.3, 0.4) is 0 Å². The molecule has 0 saturated carbocycles. The van der Waals surface area contributed by atoms with Gasteiger partial charge in [0.15, 0.2) is 0 Å². The number of carbonyl (C=O) groups excluding carboxylic acids is 2. The van der Waals surface area contributed by atoms with Crippen molar-refractivity contribution < 1.29 is 19.1 Å². The molecule has 2 aromatic carbocycles. The van der Waals surface area contributed by atoms with Gasteiger partial charge in [0.2, 0.25) is 0 Å². The first-order valence-corrected chi connectivity index (χ1v) is 11.1. The number of hydrogen-bond donors (Lipinski definition) is 0. The van der Waals surface area contributed by atoms with E-state index in [1.54, 1.807) is 0 Å². The molecule has 2 atom stereocenters. The Labute approximate surface area is 180 Å². The maximum atomic E-state index is 11.7. The van der Waals surface area contributed by atoms with Crippen molar-refractivity contribution in [3.8, 4) is 11.5 Å². The molecule has 0 radical (unpaired) electrons. The van der Waals surface area contributed by atoms with Crippen molar-refractivity contribution in [3.63, 3.8) is 0 Å². The zero-order valence-corrected chi connectivity index (χ0v) is 18.6. The molecule has 0 fully saturated rings. The van der Waals surface area contributed by atoms with Crippen molar-refractivity contribution in [1.29, 1.82) is 0 Å². The van der Waals surface area contributed by atoms with Crippen LogP contribution in [-0.4, -0.2) is 11.9 Å². The molecule has 162 valence electrons. The van der Waals surface area contributed by atoms with Crippen LogP contribution in [0.2, 0.25) is 0 Å². The van der Waals surface area contributed by atoms with Gasteiger partial charge in [0.1, 0.15) is 11.5 Å². The number of benzene rings is 2. The smallest absolute Gasteiger partial charge is 0.311 e. The Morgan fingerprint density at radius 2 is 0.967 bits per heavy atom. The first-order valence-electron chi connectivity index (χ1n) is 11.1. The highest BCUT2D eigenvalue weighted by Gasteiger charge is 2.22. The van der Waals surface area contributed by atoms with Gasteiger partial charge in [-0.3, -0.25) is 9.59 Å². The van der Waals surface area contributed by atoms with E-state index in [-0.39, 0.29) is 11.9 Å². The zero-order valence-electron chi connectivity index (χ0n) is 18.6. The molecule has 0 aliphatic heterocycles. The second-order valence-corrected chi connectivity index (χ2v) is 7.62. The Bertz CT molecular complexity index is 723. The molecular formula is C26H34O4. The van der Waals surface area contributed by atoms with Crippen molar-refractivity contribution in [1.82, 2.24) is 0 Å². The van der Waals surface area contributed by atoms with Crippen LogP contribution >= 0.6 is 0 Å². The van der Waals surface area contributed by atoms with E-state index in [1.165, 1.54) is 11.1 Å². The van der Waals surface area contributed by atoms with E-state index in [2.05, 4.69) is 38.1 Å². The van der Waals surface area contributed by atoms with E-state index in [0.717, 1.165) is 25.7 Å². The lowest BCUT2D eigenvalue weighted by atomic mass is 9.78. The number of carbonyl (C=O) groups is 2. The minimum Gasteiger partial charge on any atom is -0.427 e. The minimum absolute atomic E-state index is 0.191. The number of rotatable bonds is 11. The Morgan fingerprint density at radius 1 is 0.633 bits per heavy atom. The van der Waals surface area contributed by atoms with E-state index in [4.69, 9.17) is 9.47 Å². The van der Waals surface area contributed by atoms with Gasteiger partial charge in [-0.1, -0.05) is 52.0 Å². The molecule has 2 rings (SSSR count). The summed E-state index contributed by atoms with van der Waals surface area (Å²) in [5.41, 5.74) is 2.47. The fourth-order valence-corrected chi connectivity index (χ4v) is 3.84. The molecule has 0 amide bonds. The van der Waals surface area contributed by atoms with Crippen LogP contribution in [0.4, 0.5) is 0 Å². The summed E-state index contributed by atoms with van der Waals surface area (Å²) in [7, 11) is 0. The van der Waals surface area contributed by atoms with Crippen molar-refractivity contribution in [3.05, 3.63) is 59.7 Å². The molecule has 0 spiro atoms. The average molecular weight is 411 g/mol. The van der Waals surface area contributed by atoms with Crippen molar-refractivity contribution in [2.24, 2.45) is 0 Å². The number of esters is 2. The van der Waals surface area contributed by atoms with E-state index >= 15 is 0 Å². The monoisotopic (exact) mass is 410 g/mol. The van der Waals surface area contributed by atoms with Gasteiger partial charge in [0.25, 0.3) is 0 Å². The summed E-state index contributed by atoms with van der Waals surface area (Å²) < 4.78 is 10.8. The quantitative estimate of drug-likeness (QED) is 0.302. The first-order chi connectivity index (χ1) is 14.5. The fraction of sp³-hybridized carbons (Fsp3) is 0.462. The highest BCUT2D eigenvalue weighted by atomic mass is 16.5. The van der Waals surface area contributed by atoms with Crippen LogP contribution < -0.4 is 9.47 Å². The van der Waals surface area contributed by atoms with Gasteiger partial charge in [-0.2, -0.15) is 0 Å². The topological polar surface area (TPSA) is 52.6 Å². The summed E-state index contributed by atoms with van der Waals surface area (Å²) in [6, 6.07) is 15.8. The van der Waals surface area contributed by atoms with Gasteiger partial charge in [-0.05, 0) is 72.9 Å². The summed E-state index contributed by atoms with van der Waals surface area (Å²) in [5, 5.41) is 0. The molecule has 2 aromatic rings. The summed E-state index contributed by atoms with van der Waals surface area (Å²) >= 11 is 0. The average Bonchev–Trinajstić information content (AvgIpc) is 2.74. The van der Waals surface area contributed by atoms with Crippen molar-refractivity contribution >= 4 is 11.9 Å². The highest BCUT2D eigenvalue weighted by molar-refractivity contribution is 5.72.